The number of carboxylic acids is 1. The maximum atomic E-state index is 11.9. The lowest BCUT2D eigenvalue weighted by molar-refractivity contribution is -0.0679. The summed E-state index contributed by atoms with van der Waals surface area (Å²) in [5.74, 6) is -0.534. The van der Waals surface area contributed by atoms with Crippen molar-refractivity contribution in [2.75, 3.05) is 13.2 Å². The van der Waals surface area contributed by atoms with Crippen molar-refractivity contribution in [1.29, 1.82) is 0 Å². The zero-order valence-electron chi connectivity index (χ0n) is 19.1. The number of benzene rings is 3. The zero-order chi connectivity index (χ0) is 24.4. The second kappa shape index (κ2) is 9.54. The van der Waals surface area contributed by atoms with Gasteiger partial charge in [-0.1, -0.05) is 24.3 Å². The number of carboxylic acid groups (broad SMARTS) is 1. The van der Waals surface area contributed by atoms with Crippen LogP contribution < -0.4 is 4.74 Å². The summed E-state index contributed by atoms with van der Waals surface area (Å²) in [5, 5.41) is 32.2. The van der Waals surface area contributed by atoms with Crippen LogP contribution in [0, 0.1) is 0 Å². The standard InChI is InChI=1S/C28H26O7/c29-15-25-24(27(30)31)14-20-13-22(4-5-23(20)26(25)19-6-9-34-17-19)35-16-18-2-1-3-21(12-18)28(32)7-10-33-11-8-28/h1-6,9,12-14,17,29,32H,7-8,10-11,15-16H2,(H,30,31). The van der Waals surface area contributed by atoms with Gasteiger partial charge in [0, 0.05) is 37.2 Å². The summed E-state index contributed by atoms with van der Waals surface area (Å²) in [5.41, 5.74) is 2.57. The molecular weight excluding hydrogens is 448 g/mol. The fourth-order valence-corrected chi connectivity index (χ4v) is 4.72. The largest absolute Gasteiger partial charge is 0.489 e. The van der Waals surface area contributed by atoms with Crippen LogP contribution in [0.5, 0.6) is 5.75 Å². The average molecular weight is 475 g/mol. The first-order valence-corrected chi connectivity index (χ1v) is 11.5. The third kappa shape index (κ3) is 4.53. The van der Waals surface area contributed by atoms with Crippen LogP contribution >= 0.6 is 0 Å². The van der Waals surface area contributed by atoms with Crippen molar-refractivity contribution in [3.63, 3.8) is 0 Å². The van der Waals surface area contributed by atoms with Gasteiger partial charge < -0.3 is 29.2 Å². The third-order valence-corrected chi connectivity index (χ3v) is 6.61. The van der Waals surface area contributed by atoms with Crippen molar-refractivity contribution in [3.05, 3.63) is 89.4 Å². The third-order valence-electron chi connectivity index (χ3n) is 6.61. The molecule has 7 heteroatoms. The number of furan rings is 1. The second-order valence-electron chi connectivity index (χ2n) is 8.77. The summed E-state index contributed by atoms with van der Waals surface area (Å²) in [7, 11) is 0. The summed E-state index contributed by atoms with van der Waals surface area (Å²) < 4.78 is 16.6. The van der Waals surface area contributed by atoms with Crippen molar-refractivity contribution in [1.82, 2.24) is 0 Å². The highest BCUT2D eigenvalue weighted by Crippen LogP contribution is 2.37. The summed E-state index contributed by atoms with van der Waals surface area (Å²) >= 11 is 0. The Labute approximate surface area is 202 Å². The highest BCUT2D eigenvalue weighted by Gasteiger charge is 2.31. The van der Waals surface area contributed by atoms with Crippen LogP contribution in [0.15, 0.2) is 71.5 Å². The Morgan fingerprint density at radius 1 is 1.06 bits per heavy atom. The van der Waals surface area contributed by atoms with E-state index in [9.17, 15) is 20.1 Å². The SMILES string of the molecule is O=C(O)c1cc2cc(OCc3cccc(C4(O)CCOCC4)c3)ccc2c(-c2ccoc2)c1CO. The summed E-state index contributed by atoms with van der Waals surface area (Å²) in [4.78, 5) is 11.9. The van der Waals surface area contributed by atoms with E-state index in [1.165, 1.54) is 12.5 Å². The number of aromatic carboxylic acids is 1. The fraction of sp³-hybridized carbons (Fsp3) is 0.250. The van der Waals surface area contributed by atoms with E-state index in [1.807, 2.05) is 36.4 Å². The summed E-state index contributed by atoms with van der Waals surface area (Å²) in [6.07, 6.45) is 4.16. The van der Waals surface area contributed by atoms with Gasteiger partial charge in [0.15, 0.2) is 0 Å². The number of ether oxygens (including phenoxy) is 2. The van der Waals surface area contributed by atoms with Gasteiger partial charge in [0.1, 0.15) is 12.4 Å². The van der Waals surface area contributed by atoms with Gasteiger partial charge in [-0.2, -0.15) is 0 Å². The molecule has 1 aliphatic heterocycles. The molecule has 35 heavy (non-hydrogen) atoms. The van der Waals surface area contributed by atoms with Crippen LogP contribution in [0.25, 0.3) is 21.9 Å². The normalized spacial score (nSPS) is 15.3. The maximum absolute atomic E-state index is 11.9. The van der Waals surface area contributed by atoms with Gasteiger partial charge in [0.25, 0.3) is 0 Å². The molecule has 3 aromatic carbocycles. The quantitative estimate of drug-likeness (QED) is 0.351. The molecule has 0 saturated carbocycles. The molecule has 1 fully saturated rings. The molecule has 0 spiro atoms. The summed E-state index contributed by atoms with van der Waals surface area (Å²) in [6.45, 7) is 0.947. The van der Waals surface area contributed by atoms with E-state index in [4.69, 9.17) is 13.9 Å². The lowest BCUT2D eigenvalue weighted by Crippen LogP contribution is -2.33. The van der Waals surface area contributed by atoms with Crippen molar-refractivity contribution < 1.29 is 34.0 Å². The van der Waals surface area contributed by atoms with Gasteiger partial charge >= 0.3 is 5.97 Å². The molecule has 0 atom stereocenters. The number of hydrogen-bond donors (Lipinski definition) is 3. The van der Waals surface area contributed by atoms with E-state index >= 15 is 0 Å². The Kier molecular flexibility index (Phi) is 6.30. The molecule has 0 radical (unpaired) electrons. The Hall–Kier alpha value is -3.65. The van der Waals surface area contributed by atoms with Crippen LogP contribution in [0.4, 0.5) is 0 Å². The maximum Gasteiger partial charge on any atom is 0.336 e. The Bertz CT molecular complexity index is 1350. The van der Waals surface area contributed by atoms with E-state index in [2.05, 4.69) is 0 Å². The molecule has 0 bridgehead atoms. The molecule has 7 nitrogen and oxygen atoms in total. The molecule has 0 amide bonds. The minimum Gasteiger partial charge on any atom is -0.489 e. The lowest BCUT2D eigenvalue weighted by atomic mass is 9.86. The number of aliphatic hydroxyl groups is 2. The summed E-state index contributed by atoms with van der Waals surface area (Å²) in [6, 6.07) is 16.5. The Balaban J connectivity index is 1.46. The van der Waals surface area contributed by atoms with Gasteiger partial charge in [-0.3, -0.25) is 0 Å². The molecule has 180 valence electrons. The van der Waals surface area contributed by atoms with E-state index in [0.29, 0.717) is 60.5 Å². The van der Waals surface area contributed by atoms with E-state index < -0.39 is 18.2 Å². The first-order valence-electron chi connectivity index (χ1n) is 11.5. The average Bonchev–Trinajstić information content (AvgIpc) is 3.41. The Morgan fingerprint density at radius 3 is 2.60 bits per heavy atom. The van der Waals surface area contributed by atoms with Crippen LogP contribution in [0.2, 0.25) is 0 Å². The number of hydrogen-bond acceptors (Lipinski definition) is 6. The Morgan fingerprint density at radius 2 is 1.89 bits per heavy atom. The smallest absolute Gasteiger partial charge is 0.336 e. The van der Waals surface area contributed by atoms with Gasteiger partial charge in [0.2, 0.25) is 0 Å². The molecule has 2 heterocycles. The van der Waals surface area contributed by atoms with Gasteiger partial charge in [-0.15, -0.1) is 0 Å². The van der Waals surface area contributed by atoms with Crippen molar-refractivity contribution in [3.8, 4) is 16.9 Å². The molecule has 5 rings (SSSR count). The topological polar surface area (TPSA) is 109 Å². The predicted octanol–water partition coefficient (Wildman–Crippen LogP) is 4.87. The molecular formula is C28H26O7. The fourth-order valence-electron chi connectivity index (χ4n) is 4.72. The predicted molar refractivity (Wildman–Crippen MR) is 129 cm³/mol. The van der Waals surface area contributed by atoms with Gasteiger partial charge in [0.05, 0.1) is 30.3 Å². The molecule has 0 aliphatic carbocycles. The van der Waals surface area contributed by atoms with Crippen LogP contribution in [0.1, 0.15) is 39.9 Å². The van der Waals surface area contributed by atoms with E-state index in [0.717, 1.165) is 16.5 Å². The number of aliphatic hydroxyl groups excluding tert-OH is 1. The van der Waals surface area contributed by atoms with Crippen LogP contribution in [-0.2, 0) is 23.6 Å². The first-order chi connectivity index (χ1) is 17.0. The highest BCUT2D eigenvalue weighted by molar-refractivity contribution is 6.05. The lowest BCUT2D eigenvalue weighted by Gasteiger charge is -2.32. The molecule has 1 aliphatic rings. The van der Waals surface area contributed by atoms with Crippen molar-refractivity contribution in [2.24, 2.45) is 0 Å². The first kappa shape index (κ1) is 23.1. The van der Waals surface area contributed by atoms with Crippen molar-refractivity contribution >= 4 is 16.7 Å². The number of rotatable bonds is 7. The second-order valence-corrected chi connectivity index (χ2v) is 8.77. The van der Waals surface area contributed by atoms with E-state index in [1.54, 1.807) is 18.2 Å². The molecule has 0 unspecified atom stereocenters. The van der Waals surface area contributed by atoms with Gasteiger partial charge in [-0.25, -0.2) is 4.79 Å². The monoisotopic (exact) mass is 474 g/mol. The highest BCUT2D eigenvalue weighted by atomic mass is 16.5. The van der Waals surface area contributed by atoms with Crippen LogP contribution in [-0.4, -0.2) is 34.5 Å². The van der Waals surface area contributed by atoms with Crippen molar-refractivity contribution in [2.45, 2.75) is 31.7 Å². The number of carbonyl (C=O) groups is 1. The van der Waals surface area contributed by atoms with Gasteiger partial charge in [-0.05, 0) is 57.8 Å². The van der Waals surface area contributed by atoms with E-state index in [-0.39, 0.29) is 5.56 Å². The minimum absolute atomic E-state index is 0.0331. The molecule has 3 N–H and O–H groups in total. The molecule has 4 aromatic rings. The molecule has 1 saturated heterocycles. The minimum atomic E-state index is -1.12. The zero-order valence-corrected chi connectivity index (χ0v) is 19.1. The number of fused-ring (bicyclic) bond motifs is 1. The van der Waals surface area contributed by atoms with Crippen LogP contribution in [0.3, 0.4) is 0 Å². The molecule has 1 aromatic heterocycles.